The van der Waals surface area contributed by atoms with Gasteiger partial charge in [0.15, 0.2) is 0 Å². The minimum atomic E-state index is 0.252. The molecule has 1 fully saturated rings. The van der Waals surface area contributed by atoms with Gasteiger partial charge < -0.3 is 10.4 Å². The second kappa shape index (κ2) is 6.58. The number of benzene rings is 1. The molecule has 2 nitrogen and oxygen atoms in total. The van der Waals surface area contributed by atoms with E-state index >= 15 is 0 Å². The molecule has 1 aromatic carbocycles. The van der Waals surface area contributed by atoms with Crippen LogP contribution in [-0.2, 0) is 0 Å². The Labute approximate surface area is 118 Å². The molecule has 1 unspecified atom stereocenters. The third kappa shape index (κ3) is 3.99. The number of halogens is 1. The number of phenols is 1. The molecular weight excluding hydrogens is 290 g/mol. The average Bonchev–Trinajstić information content (AvgIpc) is 3.17. The quantitative estimate of drug-likeness (QED) is 0.732. The highest BCUT2D eigenvalue weighted by Gasteiger charge is 2.20. The van der Waals surface area contributed by atoms with Crippen molar-refractivity contribution >= 4 is 15.9 Å². The minimum absolute atomic E-state index is 0.252. The van der Waals surface area contributed by atoms with Gasteiger partial charge in [0, 0.05) is 16.1 Å². The summed E-state index contributed by atoms with van der Waals surface area (Å²) in [4.78, 5) is 0. The SMILES string of the molecule is CCC(NCCCC1CC1)c1cc(Br)ccc1O. The molecule has 100 valence electrons. The number of hydrogen-bond donors (Lipinski definition) is 2. The number of rotatable bonds is 7. The molecule has 1 atom stereocenters. The Morgan fingerprint density at radius 1 is 1.44 bits per heavy atom. The van der Waals surface area contributed by atoms with Crippen LogP contribution in [-0.4, -0.2) is 11.7 Å². The zero-order chi connectivity index (χ0) is 13.0. The van der Waals surface area contributed by atoms with E-state index in [1.165, 1.54) is 25.7 Å². The fraction of sp³-hybridized carbons (Fsp3) is 0.600. The maximum Gasteiger partial charge on any atom is 0.120 e. The minimum Gasteiger partial charge on any atom is -0.508 e. The van der Waals surface area contributed by atoms with Gasteiger partial charge in [-0.3, -0.25) is 0 Å². The van der Waals surface area contributed by atoms with E-state index in [1.807, 2.05) is 12.1 Å². The van der Waals surface area contributed by atoms with Gasteiger partial charge in [-0.1, -0.05) is 35.7 Å². The van der Waals surface area contributed by atoms with Crippen LogP contribution in [0.15, 0.2) is 22.7 Å². The van der Waals surface area contributed by atoms with Crippen LogP contribution in [0, 0.1) is 5.92 Å². The van der Waals surface area contributed by atoms with Crippen molar-refractivity contribution in [1.29, 1.82) is 0 Å². The van der Waals surface area contributed by atoms with Crippen LogP contribution in [0.5, 0.6) is 5.75 Å². The smallest absolute Gasteiger partial charge is 0.120 e. The Balaban J connectivity index is 1.87. The van der Waals surface area contributed by atoms with Crippen LogP contribution < -0.4 is 5.32 Å². The van der Waals surface area contributed by atoms with Crippen molar-refractivity contribution in [2.45, 2.75) is 45.1 Å². The molecule has 18 heavy (non-hydrogen) atoms. The molecule has 1 aliphatic carbocycles. The van der Waals surface area contributed by atoms with Crippen molar-refractivity contribution in [2.75, 3.05) is 6.54 Å². The van der Waals surface area contributed by atoms with Crippen molar-refractivity contribution in [3.05, 3.63) is 28.2 Å². The largest absolute Gasteiger partial charge is 0.508 e. The van der Waals surface area contributed by atoms with Crippen molar-refractivity contribution in [1.82, 2.24) is 5.32 Å². The van der Waals surface area contributed by atoms with Gasteiger partial charge in [0.2, 0.25) is 0 Å². The van der Waals surface area contributed by atoms with Crippen LogP contribution in [0.25, 0.3) is 0 Å². The Morgan fingerprint density at radius 3 is 2.89 bits per heavy atom. The summed E-state index contributed by atoms with van der Waals surface area (Å²) < 4.78 is 1.02. The molecule has 3 heteroatoms. The van der Waals surface area contributed by atoms with E-state index in [0.717, 1.165) is 28.9 Å². The molecule has 0 aromatic heterocycles. The summed E-state index contributed by atoms with van der Waals surface area (Å²) in [5, 5.41) is 13.5. The van der Waals surface area contributed by atoms with E-state index < -0.39 is 0 Å². The lowest BCUT2D eigenvalue weighted by molar-refractivity contribution is 0.437. The summed E-state index contributed by atoms with van der Waals surface area (Å²) in [6.45, 7) is 3.19. The number of phenolic OH excluding ortho intramolecular Hbond substituents is 1. The first kappa shape index (κ1) is 13.9. The molecule has 2 N–H and O–H groups in total. The van der Waals surface area contributed by atoms with Crippen molar-refractivity contribution in [3.8, 4) is 5.75 Å². The zero-order valence-corrected chi connectivity index (χ0v) is 12.5. The lowest BCUT2D eigenvalue weighted by atomic mass is 10.0. The molecule has 1 saturated carbocycles. The summed E-state index contributed by atoms with van der Waals surface area (Å²) in [6.07, 6.45) is 6.46. The molecule has 0 bridgehead atoms. The molecule has 0 amide bonds. The van der Waals surface area contributed by atoms with Crippen LogP contribution in [0.4, 0.5) is 0 Å². The Morgan fingerprint density at radius 2 is 2.22 bits per heavy atom. The topological polar surface area (TPSA) is 32.3 Å². The normalized spacial score (nSPS) is 16.8. The van der Waals surface area contributed by atoms with Crippen molar-refractivity contribution in [2.24, 2.45) is 5.92 Å². The van der Waals surface area contributed by atoms with Crippen LogP contribution >= 0.6 is 15.9 Å². The van der Waals surface area contributed by atoms with Crippen molar-refractivity contribution in [3.63, 3.8) is 0 Å². The molecule has 0 heterocycles. The van der Waals surface area contributed by atoms with E-state index in [0.29, 0.717) is 5.75 Å². The molecule has 0 spiro atoms. The Bertz CT molecular complexity index is 390. The highest BCUT2D eigenvalue weighted by atomic mass is 79.9. The summed E-state index contributed by atoms with van der Waals surface area (Å²) >= 11 is 3.46. The predicted octanol–water partition coefficient (Wildman–Crippen LogP) is 4.39. The molecule has 1 aliphatic rings. The monoisotopic (exact) mass is 311 g/mol. The number of nitrogens with one attached hydrogen (secondary N) is 1. The van der Waals surface area contributed by atoms with Crippen LogP contribution in [0.3, 0.4) is 0 Å². The average molecular weight is 312 g/mol. The Kier molecular flexibility index (Phi) is 5.07. The van der Waals surface area contributed by atoms with Gasteiger partial charge in [-0.2, -0.15) is 0 Å². The number of aromatic hydroxyl groups is 1. The summed E-state index contributed by atoms with van der Waals surface area (Å²) in [6, 6.07) is 5.89. The highest BCUT2D eigenvalue weighted by Crippen LogP contribution is 2.33. The lowest BCUT2D eigenvalue weighted by Gasteiger charge is -2.19. The van der Waals surface area contributed by atoms with Gasteiger partial charge in [-0.05, 0) is 49.9 Å². The van der Waals surface area contributed by atoms with Gasteiger partial charge in [-0.25, -0.2) is 0 Å². The molecule has 0 radical (unpaired) electrons. The Hall–Kier alpha value is -0.540. The molecule has 1 aromatic rings. The van der Waals surface area contributed by atoms with Crippen LogP contribution in [0.1, 0.15) is 50.6 Å². The van der Waals surface area contributed by atoms with Gasteiger partial charge in [0.1, 0.15) is 5.75 Å². The summed E-state index contributed by atoms with van der Waals surface area (Å²) in [5.41, 5.74) is 0.998. The van der Waals surface area contributed by atoms with Gasteiger partial charge in [-0.15, -0.1) is 0 Å². The maximum absolute atomic E-state index is 9.93. The molecular formula is C15H22BrNO. The second-order valence-corrected chi connectivity index (χ2v) is 6.12. The predicted molar refractivity (Wildman–Crippen MR) is 78.8 cm³/mol. The van der Waals surface area contributed by atoms with Gasteiger partial charge >= 0.3 is 0 Å². The molecule has 0 aliphatic heterocycles. The molecule has 0 saturated heterocycles. The maximum atomic E-state index is 9.93. The highest BCUT2D eigenvalue weighted by molar-refractivity contribution is 9.10. The third-order valence-electron chi connectivity index (χ3n) is 3.65. The lowest BCUT2D eigenvalue weighted by Crippen LogP contribution is -2.22. The number of hydrogen-bond acceptors (Lipinski definition) is 2. The fourth-order valence-corrected chi connectivity index (χ4v) is 2.73. The summed E-state index contributed by atoms with van der Waals surface area (Å²) in [5.74, 6) is 1.39. The molecule has 2 rings (SSSR count). The fourth-order valence-electron chi connectivity index (χ4n) is 2.35. The first-order valence-electron chi connectivity index (χ1n) is 6.92. The van der Waals surface area contributed by atoms with E-state index in [-0.39, 0.29) is 6.04 Å². The van der Waals surface area contributed by atoms with E-state index in [9.17, 15) is 5.11 Å². The van der Waals surface area contributed by atoms with Gasteiger partial charge in [0.25, 0.3) is 0 Å². The summed E-state index contributed by atoms with van der Waals surface area (Å²) in [7, 11) is 0. The zero-order valence-electron chi connectivity index (χ0n) is 11.0. The third-order valence-corrected chi connectivity index (χ3v) is 4.14. The van der Waals surface area contributed by atoms with Crippen LogP contribution in [0.2, 0.25) is 0 Å². The van der Waals surface area contributed by atoms with Crippen molar-refractivity contribution < 1.29 is 5.11 Å². The first-order valence-corrected chi connectivity index (χ1v) is 7.71. The van der Waals surface area contributed by atoms with E-state index in [4.69, 9.17) is 0 Å². The first-order chi connectivity index (χ1) is 8.70. The van der Waals surface area contributed by atoms with E-state index in [1.54, 1.807) is 6.07 Å². The van der Waals surface area contributed by atoms with E-state index in [2.05, 4.69) is 28.2 Å². The standard InChI is InChI=1S/C15H22BrNO/c1-2-14(17-9-3-4-11-5-6-11)13-10-12(16)7-8-15(13)18/h7-8,10-11,14,17-18H,2-6,9H2,1H3. The van der Waals surface area contributed by atoms with Gasteiger partial charge in [0.05, 0.1) is 0 Å². The second-order valence-electron chi connectivity index (χ2n) is 5.20.